The molecule has 0 aromatic heterocycles. The Hall–Kier alpha value is -2.97. The number of rotatable bonds is 11. The first kappa shape index (κ1) is 24.3. The number of carbonyl (C=O) groups excluding carboxylic acids is 2. The predicted octanol–water partition coefficient (Wildman–Crippen LogP) is 3.74. The molecule has 0 saturated carbocycles. The van der Waals surface area contributed by atoms with Crippen LogP contribution in [0.2, 0.25) is 10.0 Å². The molecule has 31 heavy (non-hydrogen) atoms. The summed E-state index contributed by atoms with van der Waals surface area (Å²) in [5.74, 6) is -0.487. The van der Waals surface area contributed by atoms with Crippen molar-refractivity contribution in [2.75, 3.05) is 26.9 Å². The van der Waals surface area contributed by atoms with Gasteiger partial charge in [0.15, 0.2) is 24.7 Å². The lowest BCUT2D eigenvalue weighted by Crippen LogP contribution is -2.32. The second-order valence-electron chi connectivity index (χ2n) is 6.20. The summed E-state index contributed by atoms with van der Waals surface area (Å²) in [4.78, 5) is 23.8. The maximum atomic E-state index is 13.3. The summed E-state index contributed by atoms with van der Waals surface area (Å²) in [6.07, 6.45) is 0.303. The third-order valence-corrected chi connectivity index (χ3v) is 4.35. The van der Waals surface area contributed by atoms with E-state index in [1.807, 2.05) is 0 Å². The van der Waals surface area contributed by atoms with Crippen molar-refractivity contribution in [2.45, 2.75) is 6.42 Å². The average Bonchev–Trinajstić information content (AvgIpc) is 2.73. The summed E-state index contributed by atoms with van der Waals surface area (Å²) in [5.41, 5.74) is 0.386. The van der Waals surface area contributed by atoms with Crippen LogP contribution >= 0.6 is 23.2 Å². The molecule has 2 amide bonds. The van der Waals surface area contributed by atoms with E-state index in [0.29, 0.717) is 28.6 Å². The van der Waals surface area contributed by atoms with Crippen molar-refractivity contribution >= 4 is 35.0 Å². The van der Waals surface area contributed by atoms with Gasteiger partial charge in [-0.25, -0.2) is 4.39 Å². The highest BCUT2D eigenvalue weighted by Gasteiger charge is 2.10. The zero-order chi connectivity index (χ0) is 22.8. The summed E-state index contributed by atoms with van der Waals surface area (Å²) in [6, 6.07) is 8.67. The molecule has 2 aromatic rings. The van der Waals surface area contributed by atoms with Gasteiger partial charge in [0.25, 0.3) is 11.8 Å². The second kappa shape index (κ2) is 12.0. The van der Waals surface area contributed by atoms with E-state index in [4.69, 9.17) is 37.4 Å². The van der Waals surface area contributed by atoms with Crippen LogP contribution in [0, 0.1) is 5.82 Å². The van der Waals surface area contributed by atoms with Gasteiger partial charge in [0.2, 0.25) is 0 Å². The number of ether oxygens (including phenoxy) is 3. The molecule has 7 nitrogen and oxygen atoms in total. The lowest BCUT2D eigenvalue weighted by atomic mass is 10.3. The zero-order valence-electron chi connectivity index (χ0n) is 16.7. The molecule has 0 heterocycles. The highest BCUT2D eigenvalue weighted by atomic mass is 35.5. The minimum atomic E-state index is -0.641. The van der Waals surface area contributed by atoms with Crippen LogP contribution in [0.4, 0.5) is 4.39 Å². The van der Waals surface area contributed by atoms with Crippen LogP contribution in [0.5, 0.6) is 17.2 Å². The van der Waals surface area contributed by atoms with Gasteiger partial charge in [-0.1, -0.05) is 29.8 Å². The van der Waals surface area contributed by atoms with E-state index in [1.165, 1.54) is 19.2 Å². The van der Waals surface area contributed by atoms with Crippen LogP contribution < -0.4 is 24.8 Å². The Bertz CT molecular complexity index is 955. The van der Waals surface area contributed by atoms with E-state index >= 15 is 0 Å². The Balaban J connectivity index is 1.65. The predicted molar refractivity (Wildman–Crippen MR) is 115 cm³/mol. The van der Waals surface area contributed by atoms with Crippen LogP contribution in [0.15, 0.2) is 48.7 Å². The fourth-order valence-corrected chi connectivity index (χ4v) is 2.60. The first-order chi connectivity index (χ1) is 14.8. The van der Waals surface area contributed by atoms with Crippen LogP contribution in [-0.4, -0.2) is 38.7 Å². The smallest absolute Gasteiger partial charge is 0.262 e. The Kier molecular flexibility index (Phi) is 9.42. The normalized spacial score (nSPS) is 10.2. The topological polar surface area (TPSA) is 85.9 Å². The van der Waals surface area contributed by atoms with Gasteiger partial charge < -0.3 is 24.8 Å². The van der Waals surface area contributed by atoms with E-state index < -0.39 is 11.7 Å². The van der Waals surface area contributed by atoms with Crippen LogP contribution in [0.25, 0.3) is 0 Å². The Morgan fingerprint density at radius 1 is 1.03 bits per heavy atom. The van der Waals surface area contributed by atoms with Gasteiger partial charge >= 0.3 is 0 Å². The molecule has 0 unspecified atom stereocenters. The molecule has 0 saturated heterocycles. The molecule has 0 aliphatic carbocycles. The van der Waals surface area contributed by atoms with Gasteiger partial charge in [0.05, 0.1) is 12.1 Å². The fraction of sp³-hybridized carbons (Fsp3) is 0.238. The summed E-state index contributed by atoms with van der Waals surface area (Å²) < 4.78 is 29.1. The Labute approximate surface area is 189 Å². The first-order valence-corrected chi connectivity index (χ1v) is 9.82. The van der Waals surface area contributed by atoms with Gasteiger partial charge in [0.1, 0.15) is 11.6 Å². The number of benzene rings is 2. The number of methoxy groups -OCH3 is 1. The molecule has 10 heteroatoms. The Morgan fingerprint density at radius 2 is 1.77 bits per heavy atom. The molecule has 0 aliphatic rings. The molecule has 0 spiro atoms. The summed E-state index contributed by atoms with van der Waals surface area (Å²) in [5, 5.41) is 5.63. The third-order valence-electron chi connectivity index (χ3n) is 3.81. The zero-order valence-corrected chi connectivity index (χ0v) is 18.2. The maximum Gasteiger partial charge on any atom is 0.262 e. The summed E-state index contributed by atoms with van der Waals surface area (Å²) in [6.45, 7) is 3.41. The highest BCUT2D eigenvalue weighted by Crippen LogP contribution is 2.29. The lowest BCUT2D eigenvalue weighted by Gasteiger charge is -2.12. The van der Waals surface area contributed by atoms with Crippen molar-refractivity contribution in [2.24, 2.45) is 0 Å². The number of hydrogen-bond donors (Lipinski definition) is 2. The number of amides is 2. The summed E-state index contributed by atoms with van der Waals surface area (Å²) >= 11 is 11.5. The van der Waals surface area contributed by atoms with Crippen LogP contribution in [0.1, 0.15) is 6.42 Å². The number of halogens is 3. The molecule has 2 N–H and O–H groups in total. The molecule has 0 radical (unpaired) electrons. The van der Waals surface area contributed by atoms with Crippen molar-refractivity contribution in [3.8, 4) is 17.2 Å². The number of hydrogen-bond acceptors (Lipinski definition) is 5. The van der Waals surface area contributed by atoms with E-state index in [-0.39, 0.29) is 36.4 Å². The van der Waals surface area contributed by atoms with E-state index in [0.717, 1.165) is 6.07 Å². The maximum absolute atomic E-state index is 13.3. The van der Waals surface area contributed by atoms with Crippen molar-refractivity contribution in [1.82, 2.24) is 10.6 Å². The number of carbonyl (C=O) groups is 2. The standard InChI is InChI=1S/C21H21Cl2FN2O5/c1-13(26-21(28)12-30-15-4-5-16(23)17(24)10-15)7-8-25-20(27)11-31-18-6-3-14(22)9-19(18)29-2/h3-6,9-10H,1,7-8,11-12H2,2H3,(H,25,27)(H,26,28). The van der Waals surface area contributed by atoms with Crippen molar-refractivity contribution in [1.29, 1.82) is 0 Å². The molecule has 0 fully saturated rings. The van der Waals surface area contributed by atoms with Crippen LogP contribution in [-0.2, 0) is 9.59 Å². The van der Waals surface area contributed by atoms with Gasteiger partial charge in [-0.3, -0.25) is 9.59 Å². The second-order valence-corrected chi connectivity index (χ2v) is 7.04. The first-order valence-electron chi connectivity index (χ1n) is 9.07. The minimum absolute atomic E-state index is 0.0371. The van der Waals surface area contributed by atoms with Crippen LogP contribution in [0.3, 0.4) is 0 Å². The quantitative estimate of drug-likeness (QED) is 0.522. The minimum Gasteiger partial charge on any atom is -0.493 e. The molecule has 0 bridgehead atoms. The van der Waals surface area contributed by atoms with Gasteiger partial charge in [-0.2, -0.15) is 0 Å². The van der Waals surface area contributed by atoms with Crippen molar-refractivity contribution < 1.29 is 28.2 Å². The van der Waals surface area contributed by atoms with Gasteiger partial charge in [-0.15, -0.1) is 0 Å². The van der Waals surface area contributed by atoms with E-state index in [2.05, 4.69) is 17.2 Å². The fourth-order valence-electron chi connectivity index (χ4n) is 2.32. The van der Waals surface area contributed by atoms with Crippen molar-refractivity contribution in [3.05, 3.63) is 64.5 Å². The molecular weight excluding hydrogens is 450 g/mol. The molecule has 2 rings (SSSR count). The summed E-state index contributed by atoms with van der Waals surface area (Å²) in [7, 11) is 1.47. The third kappa shape index (κ3) is 8.35. The highest BCUT2D eigenvalue weighted by molar-refractivity contribution is 6.31. The molecule has 0 atom stereocenters. The SMILES string of the molecule is C=C(CCNC(=O)COc1ccc(Cl)cc1OC)NC(=O)COc1ccc(Cl)c(F)c1. The largest absolute Gasteiger partial charge is 0.493 e. The van der Waals surface area contributed by atoms with E-state index in [1.54, 1.807) is 18.2 Å². The Morgan fingerprint density at radius 3 is 2.48 bits per heavy atom. The molecule has 166 valence electrons. The molecular formula is C21H21Cl2FN2O5. The van der Waals surface area contributed by atoms with Gasteiger partial charge in [-0.05, 0) is 24.3 Å². The molecule has 0 aliphatic heterocycles. The van der Waals surface area contributed by atoms with Crippen molar-refractivity contribution in [3.63, 3.8) is 0 Å². The lowest BCUT2D eigenvalue weighted by molar-refractivity contribution is -0.123. The monoisotopic (exact) mass is 470 g/mol. The number of nitrogens with one attached hydrogen (secondary N) is 2. The average molecular weight is 471 g/mol. The van der Waals surface area contributed by atoms with E-state index in [9.17, 15) is 14.0 Å². The van der Waals surface area contributed by atoms with Gasteiger partial charge in [0, 0.05) is 35.8 Å². The molecule has 2 aromatic carbocycles.